The van der Waals surface area contributed by atoms with E-state index in [2.05, 4.69) is 20.6 Å². The fraction of sp³-hybridized carbons (Fsp3) is 0.412. The second-order valence-corrected chi connectivity index (χ2v) is 6.81. The Labute approximate surface area is 150 Å². The summed E-state index contributed by atoms with van der Waals surface area (Å²) in [7, 11) is 0. The van der Waals surface area contributed by atoms with E-state index in [0.29, 0.717) is 18.0 Å². The molecule has 1 N–H and O–H groups in total. The molecule has 1 saturated heterocycles. The van der Waals surface area contributed by atoms with Crippen molar-refractivity contribution in [2.75, 3.05) is 38.3 Å². The van der Waals surface area contributed by atoms with E-state index in [1.807, 2.05) is 22.5 Å². The molecule has 0 atom stereocenters. The lowest BCUT2D eigenvalue weighted by Gasteiger charge is -2.22. The van der Waals surface area contributed by atoms with E-state index in [1.165, 1.54) is 0 Å². The topological polar surface area (TPSA) is 66.9 Å². The monoisotopic (exact) mass is 360 g/mol. The van der Waals surface area contributed by atoms with Crippen LogP contribution in [0.4, 0.5) is 10.5 Å². The third-order valence-electron chi connectivity index (χ3n) is 4.37. The normalized spacial score (nSPS) is 17.4. The highest BCUT2D eigenvalue weighted by atomic mass is 32.1. The molecular weight excluding hydrogens is 340 g/mol. The second kappa shape index (κ2) is 7.28. The lowest BCUT2D eigenvalue weighted by Crippen LogP contribution is -2.38. The van der Waals surface area contributed by atoms with Gasteiger partial charge < -0.3 is 19.7 Å². The molecule has 4 rings (SSSR count). The predicted octanol–water partition coefficient (Wildman–Crippen LogP) is 2.61. The minimum atomic E-state index is -0.0747. The molecule has 0 bridgehead atoms. The minimum absolute atomic E-state index is 0.0747. The van der Waals surface area contributed by atoms with Crippen LogP contribution in [0, 0.1) is 0 Å². The van der Waals surface area contributed by atoms with Gasteiger partial charge in [-0.1, -0.05) is 0 Å². The molecule has 132 valence electrons. The highest BCUT2D eigenvalue weighted by molar-refractivity contribution is 7.07. The standard InChI is InChI=1S/C17H20N4O3S/c22-17(19-13-2-3-15-16(8-13)24-12-23-15)21-5-1-4-20(6-7-21)9-14-10-25-11-18-14/h2-3,8,10-11H,1,4-7,9,12H2,(H,19,22). The fourth-order valence-corrected chi connectivity index (χ4v) is 3.60. The van der Waals surface area contributed by atoms with Crippen LogP contribution in [0.2, 0.25) is 0 Å². The van der Waals surface area contributed by atoms with E-state index >= 15 is 0 Å². The first-order valence-corrected chi connectivity index (χ1v) is 9.27. The Morgan fingerprint density at radius 2 is 2.12 bits per heavy atom. The molecule has 0 aliphatic carbocycles. The zero-order valence-corrected chi connectivity index (χ0v) is 14.6. The molecule has 2 aromatic rings. The summed E-state index contributed by atoms with van der Waals surface area (Å²) in [5.74, 6) is 1.38. The summed E-state index contributed by atoms with van der Waals surface area (Å²) in [5, 5.41) is 5.03. The van der Waals surface area contributed by atoms with Gasteiger partial charge in [0.1, 0.15) is 0 Å². The van der Waals surface area contributed by atoms with Gasteiger partial charge in [0, 0.05) is 49.9 Å². The van der Waals surface area contributed by atoms with E-state index in [4.69, 9.17) is 9.47 Å². The number of aromatic nitrogens is 1. The van der Waals surface area contributed by atoms with Crippen LogP contribution in [-0.4, -0.2) is 53.8 Å². The number of hydrogen-bond donors (Lipinski definition) is 1. The van der Waals surface area contributed by atoms with Crippen molar-refractivity contribution in [3.8, 4) is 11.5 Å². The van der Waals surface area contributed by atoms with Gasteiger partial charge >= 0.3 is 6.03 Å². The van der Waals surface area contributed by atoms with Gasteiger partial charge in [-0.05, 0) is 18.6 Å². The molecule has 2 aliphatic heterocycles. The van der Waals surface area contributed by atoms with Gasteiger partial charge in [0.25, 0.3) is 0 Å². The first-order chi connectivity index (χ1) is 12.3. The van der Waals surface area contributed by atoms with Crippen LogP contribution in [0.5, 0.6) is 11.5 Å². The van der Waals surface area contributed by atoms with Crippen molar-refractivity contribution in [2.24, 2.45) is 0 Å². The second-order valence-electron chi connectivity index (χ2n) is 6.09. The van der Waals surface area contributed by atoms with Gasteiger partial charge in [0.05, 0.1) is 11.2 Å². The maximum absolute atomic E-state index is 12.6. The molecule has 0 saturated carbocycles. The van der Waals surface area contributed by atoms with Gasteiger partial charge in [-0.25, -0.2) is 9.78 Å². The fourth-order valence-electron chi connectivity index (χ4n) is 3.05. The molecule has 1 fully saturated rings. The van der Waals surface area contributed by atoms with Gasteiger partial charge in [-0.2, -0.15) is 0 Å². The Morgan fingerprint density at radius 3 is 3.00 bits per heavy atom. The van der Waals surface area contributed by atoms with Crippen molar-refractivity contribution in [1.29, 1.82) is 0 Å². The summed E-state index contributed by atoms with van der Waals surface area (Å²) < 4.78 is 10.6. The number of carbonyl (C=O) groups is 1. The summed E-state index contributed by atoms with van der Waals surface area (Å²) in [6.45, 7) is 4.37. The van der Waals surface area contributed by atoms with E-state index in [1.54, 1.807) is 17.4 Å². The Balaban J connectivity index is 1.33. The van der Waals surface area contributed by atoms with Crippen LogP contribution in [0.15, 0.2) is 29.1 Å². The SMILES string of the molecule is O=C(Nc1ccc2c(c1)OCO2)N1CCCN(Cc2cscn2)CC1. The zero-order chi connectivity index (χ0) is 17.1. The third kappa shape index (κ3) is 3.85. The van der Waals surface area contributed by atoms with Crippen LogP contribution in [-0.2, 0) is 6.54 Å². The van der Waals surface area contributed by atoms with Crippen molar-refractivity contribution in [3.63, 3.8) is 0 Å². The molecule has 3 heterocycles. The summed E-state index contributed by atoms with van der Waals surface area (Å²) in [6.07, 6.45) is 0.957. The van der Waals surface area contributed by atoms with Crippen molar-refractivity contribution in [3.05, 3.63) is 34.8 Å². The number of nitrogens with one attached hydrogen (secondary N) is 1. The summed E-state index contributed by atoms with van der Waals surface area (Å²) in [5.41, 5.74) is 3.68. The number of amides is 2. The van der Waals surface area contributed by atoms with Crippen LogP contribution in [0.1, 0.15) is 12.1 Å². The molecular formula is C17H20N4O3S. The van der Waals surface area contributed by atoms with Crippen LogP contribution in [0.3, 0.4) is 0 Å². The Morgan fingerprint density at radius 1 is 1.20 bits per heavy atom. The molecule has 0 radical (unpaired) electrons. The lowest BCUT2D eigenvalue weighted by atomic mass is 10.3. The summed E-state index contributed by atoms with van der Waals surface area (Å²) in [6, 6.07) is 5.37. The van der Waals surface area contributed by atoms with Crippen LogP contribution >= 0.6 is 11.3 Å². The number of anilines is 1. The number of ether oxygens (including phenoxy) is 2. The van der Waals surface area contributed by atoms with Gasteiger partial charge in [-0.15, -0.1) is 11.3 Å². The number of urea groups is 1. The molecule has 2 amide bonds. The average Bonchev–Trinajstić information content (AvgIpc) is 3.23. The first-order valence-electron chi connectivity index (χ1n) is 8.33. The number of hydrogen-bond acceptors (Lipinski definition) is 6. The van der Waals surface area contributed by atoms with E-state index < -0.39 is 0 Å². The quantitative estimate of drug-likeness (QED) is 0.911. The molecule has 7 nitrogen and oxygen atoms in total. The summed E-state index contributed by atoms with van der Waals surface area (Å²) >= 11 is 1.62. The Hall–Kier alpha value is -2.32. The van der Waals surface area contributed by atoms with Crippen molar-refractivity contribution >= 4 is 23.1 Å². The molecule has 25 heavy (non-hydrogen) atoms. The first kappa shape index (κ1) is 16.2. The predicted molar refractivity (Wildman–Crippen MR) is 95.2 cm³/mol. The Bertz CT molecular complexity index is 737. The van der Waals surface area contributed by atoms with E-state index in [9.17, 15) is 4.79 Å². The number of nitrogens with zero attached hydrogens (tertiary/aromatic N) is 3. The lowest BCUT2D eigenvalue weighted by molar-refractivity contribution is 0.174. The van der Waals surface area contributed by atoms with Gasteiger partial charge in [0.15, 0.2) is 11.5 Å². The molecule has 0 spiro atoms. The van der Waals surface area contributed by atoms with Crippen LogP contribution in [0.25, 0.3) is 0 Å². The number of rotatable bonds is 3. The molecule has 2 aliphatic rings. The molecule has 1 aromatic heterocycles. The zero-order valence-electron chi connectivity index (χ0n) is 13.8. The average molecular weight is 360 g/mol. The number of benzene rings is 1. The molecule has 8 heteroatoms. The van der Waals surface area contributed by atoms with Gasteiger partial charge in [0.2, 0.25) is 6.79 Å². The highest BCUT2D eigenvalue weighted by Crippen LogP contribution is 2.34. The van der Waals surface area contributed by atoms with Gasteiger partial charge in [-0.3, -0.25) is 4.90 Å². The van der Waals surface area contributed by atoms with Crippen molar-refractivity contribution in [1.82, 2.24) is 14.8 Å². The summed E-state index contributed by atoms with van der Waals surface area (Å²) in [4.78, 5) is 21.1. The van der Waals surface area contributed by atoms with E-state index in [0.717, 1.165) is 44.0 Å². The Kier molecular flexibility index (Phi) is 4.71. The van der Waals surface area contributed by atoms with Crippen LogP contribution < -0.4 is 14.8 Å². The number of carbonyl (C=O) groups excluding carboxylic acids is 1. The minimum Gasteiger partial charge on any atom is -0.454 e. The van der Waals surface area contributed by atoms with E-state index in [-0.39, 0.29) is 12.8 Å². The molecule has 1 aromatic carbocycles. The third-order valence-corrected chi connectivity index (χ3v) is 5.00. The maximum Gasteiger partial charge on any atom is 0.321 e. The number of thiazole rings is 1. The molecule has 0 unspecified atom stereocenters. The van der Waals surface area contributed by atoms with Crippen molar-refractivity contribution in [2.45, 2.75) is 13.0 Å². The maximum atomic E-state index is 12.6. The largest absolute Gasteiger partial charge is 0.454 e. The highest BCUT2D eigenvalue weighted by Gasteiger charge is 2.20. The smallest absolute Gasteiger partial charge is 0.321 e. The number of fused-ring (bicyclic) bond motifs is 1. The van der Waals surface area contributed by atoms with Crippen molar-refractivity contribution < 1.29 is 14.3 Å².